The van der Waals surface area contributed by atoms with Crippen LogP contribution in [0.5, 0.6) is 0 Å². The summed E-state index contributed by atoms with van der Waals surface area (Å²) in [5.74, 6) is 0.876. The fraction of sp³-hybridized carbons (Fsp3) is 0.647. The first-order valence-electron chi connectivity index (χ1n) is 7.63. The van der Waals surface area contributed by atoms with Crippen LogP contribution in [0.2, 0.25) is 0 Å². The van der Waals surface area contributed by atoms with Crippen molar-refractivity contribution < 1.29 is 5.11 Å². The van der Waals surface area contributed by atoms with Crippen molar-refractivity contribution in [2.24, 2.45) is 5.92 Å². The molecule has 0 amide bonds. The van der Waals surface area contributed by atoms with Gasteiger partial charge in [0, 0.05) is 24.3 Å². The molecule has 1 aliphatic carbocycles. The molecule has 1 saturated carbocycles. The third-order valence-electron chi connectivity index (χ3n) is 4.60. The molecule has 1 N–H and O–H groups in total. The zero-order valence-corrected chi connectivity index (χ0v) is 12.5. The van der Waals surface area contributed by atoms with Crippen molar-refractivity contribution in [2.45, 2.75) is 58.1 Å². The molecule has 106 valence electrons. The second kappa shape index (κ2) is 6.42. The molecule has 19 heavy (non-hydrogen) atoms. The van der Waals surface area contributed by atoms with E-state index in [0.29, 0.717) is 6.04 Å². The molecule has 0 spiro atoms. The average Bonchev–Trinajstić information content (AvgIpc) is 2.46. The zero-order chi connectivity index (χ0) is 13.8. The third-order valence-corrected chi connectivity index (χ3v) is 4.60. The lowest BCUT2D eigenvalue weighted by Crippen LogP contribution is -2.35. The number of aliphatic hydroxyl groups excluding tert-OH is 1. The van der Waals surface area contributed by atoms with Crippen molar-refractivity contribution in [3.63, 3.8) is 0 Å². The molecule has 0 aliphatic heterocycles. The number of hydrogen-bond donors (Lipinski definition) is 1. The van der Waals surface area contributed by atoms with Crippen LogP contribution < -0.4 is 4.90 Å². The van der Waals surface area contributed by atoms with Gasteiger partial charge in [0.15, 0.2) is 0 Å². The van der Waals surface area contributed by atoms with Crippen LogP contribution in [0.25, 0.3) is 0 Å². The minimum Gasteiger partial charge on any atom is -0.388 e. The lowest BCUT2D eigenvalue weighted by Gasteiger charge is -2.36. The van der Waals surface area contributed by atoms with Crippen LogP contribution in [-0.4, -0.2) is 18.2 Å². The summed E-state index contributed by atoms with van der Waals surface area (Å²) < 4.78 is 0. The van der Waals surface area contributed by atoms with Crippen molar-refractivity contribution in [2.75, 3.05) is 11.9 Å². The Bertz CT molecular complexity index is 396. The highest BCUT2D eigenvalue weighted by Gasteiger charge is 2.24. The van der Waals surface area contributed by atoms with Gasteiger partial charge in [0.1, 0.15) is 0 Å². The van der Waals surface area contributed by atoms with Gasteiger partial charge in [-0.25, -0.2) is 0 Å². The van der Waals surface area contributed by atoms with E-state index < -0.39 is 0 Å². The van der Waals surface area contributed by atoms with E-state index in [2.05, 4.69) is 37.1 Å². The third kappa shape index (κ3) is 3.30. The lowest BCUT2D eigenvalue weighted by atomic mass is 9.86. The largest absolute Gasteiger partial charge is 0.388 e. The molecule has 0 unspecified atom stereocenters. The van der Waals surface area contributed by atoms with Crippen molar-refractivity contribution in [3.8, 4) is 0 Å². The quantitative estimate of drug-likeness (QED) is 0.880. The predicted octanol–water partition coefficient (Wildman–Crippen LogP) is 4.14. The molecule has 0 radical (unpaired) electrons. The molecule has 0 saturated heterocycles. The van der Waals surface area contributed by atoms with Crippen molar-refractivity contribution in [3.05, 3.63) is 29.8 Å². The molecule has 2 rings (SSSR count). The fourth-order valence-corrected chi connectivity index (χ4v) is 3.14. The van der Waals surface area contributed by atoms with Crippen LogP contribution in [0.3, 0.4) is 0 Å². The van der Waals surface area contributed by atoms with Gasteiger partial charge in [0.25, 0.3) is 0 Å². The van der Waals surface area contributed by atoms with Crippen LogP contribution in [-0.2, 0) is 0 Å². The van der Waals surface area contributed by atoms with Crippen molar-refractivity contribution in [1.82, 2.24) is 0 Å². The molecule has 0 aromatic heterocycles. The van der Waals surface area contributed by atoms with E-state index in [1.54, 1.807) is 0 Å². The molecule has 1 aliphatic rings. The maximum Gasteiger partial charge on any atom is 0.0807 e. The average molecular weight is 261 g/mol. The van der Waals surface area contributed by atoms with Gasteiger partial charge in [-0.05, 0) is 44.1 Å². The van der Waals surface area contributed by atoms with Gasteiger partial charge in [-0.2, -0.15) is 0 Å². The number of hydrogen-bond acceptors (Lipinski definition) is 2. The van der Waals surface area contributed by atoms with Crippen LogP contribution in [0.4, 0.5) is 5.69 Å². The van der Waals surface area contributed by atoms with E-state index in [-0.39, 0.29) is 6.10 Å². The van der Waals surface area contributed by atoms with Crippen LogP contribution in [0.1, 0.15) is 57.6 Å². The molecule has 2 nitrogen and oxygen atoms in total. The Hall–Kier alpha value is -1.02. The summed E-state index contributed by atoms with van der Waals surface area (Å²) in [6.07, 6.45) is 5.62. The van der Waals surface area contributed by atoms with Crippen LogP contribution in [0, 0.1) is 5.92 Å². The number of anilines is 1. The highest BCUT2D eigenvalue weighted by molar-refractivity contribution is 5.54. The Morgan fingerprint density at radius 3 is 2.47 bits per heavy atom. The second-order valence-electron chi connectivity index (χ2n) is 6.01. The first-order chi connectivity index (χ1) is 9.13. The van der Waals surface area contributed by atoms with Gasteiger partial charge in [-0.3, -0.25) is 0 Å². The van der Waals surface area contributed by atoms with Crippen molar-refractivity contribution in [1.29, 1.82) is 0 Å². The Balaban J connectivity index is 2.16. The first-order valence-corrected chi connectivity index (χ1v) is 7.63. The van der Waals surface area contributed by atoms with E-state index in [1.165, 1.54) is 31.4 Å². The smallest absolute Gasteiger partial charge is 0.0807 e. The SMILES string of the molecule is CC[C@H](O)c1ccccc1N(C)C1CCC(C)CC1. The molecular formula is C17H27NO. The van der Waals surface area contributed by atoms with Gasteiger partial charge in [-0.1, -0.05) is 32.0 Å². The summed E-state index contributed by atoms with van der Waals surface area (Å²) in [5, 5.41) is 10.2. The molecule has 0 bridgehead atoms. The highest BCUT2D eigenvalue weighted by Crippen LogP contribution is 2.33. The van der Waals surface area contributed by atoms with Crippen LogP contribution >= 0.6 is 0 Å². The molecular weight excluding hydrogens is 234 g/mol. The topological polar surface area (TPSA) is 23.5 Å². The molecule has 1 fully saturated rings. The molecule has 2 heteroatoms. The highest BCUT2D eigenvalue weighted by atomic mass is 16.3. The van der Waals surface area contributed by atoms with E-state index in [0.717, 1.165) is 17.9 Å². The predicted molar refractivity (Wildman–Crippen MR) is 81.5 cm³/mol. The number of aliphatic hydroxyl groups is 1. The summed E-state index contributed by atoms with van der Waals surface area (Å²) in [4.78, 5) is 2.39. The van der Waals surface area contributed by atoms with E-state index in [4.69, 9.17) is 0 Å². The second-order valence-corrected chi connectivity index (χ2v) is 6.01. The van der Waals surface area contributed by atoms with E-state index >= 15 is 0 Å². The lowest BCUT2D eigenvalue weighted by molar-refractivity contribution is 0.174. The molecule has 1 atom stereocenters. The zero-order valence-electron chi connectivity index (χ0n) is 12.5. The summed E-state index contributed by atoms with van der Waals surface area (Å²) in [6, 6.07) is 8.93. The van der Waals surface area contributed by atoms with E-state index in [1.807, 2.05) is 13.0 Å². The number of benzene rings is 1. The Kier molecular flexibility index (Phi) is 4.87. The van der Waals surface area contributed by atoms with Crippen molar-refractivity contribution >= 4 is 5.69 Å². The summed E-state index contributed by atoms with van der Waals surface area (Å²) in [7, 11) is 2.18. The Morgan fingerprint density at radius 2 is 1.84 bits per heavy atom. The number of nitrogens with zero attached hydrogens (tertiary/aromatic N) is 1. The number of rotatable bonds is 4. The van der Waals surface area contributed by atoms with E-state index in [9.17, 15) is 5.11 Å². The normalized spacial score (nSPS) is 25.1. The summed E-state index contributed by atoms with van der Waals surface area (Å²) in [6.45, 7) is 4.38. The Morgan fingerprint density at radius 1 is 1.21 bits per heavy atom. The number of para-hydroxylation sites is 1. The maximum atomic E-state index is 10.2. The monoisotopic (exact) mass is 261 g/mol. The maximum absolute atomic E-state index is 10.2. The molecule has 1 aromatic carbocycles. The van der Waals surface area contributed by atoms with Gasteiger partial charge in [0.2, 0.25) is 0 Å². The van der Waals surface area contributed by atoms with Gasteiger partial charge in [0.05, 0.1) is 6.10 Å². The summed E-state index contributed by atoms with van der Waals surface area (Å²) in [5.41, 5.74) is 2.28. The summed E-state index contributed by atoms with van der Waals surface area (Å²) >= 11 is 0. The first kappa shape index (κ1) is 14.4. The van der Waals surface area contributed by atoms with Gasteiger partial charge >= 0.3 is 0 Å². The fourth-order valence-electron chi connectivity index (χ4n) is 3.14. The minimum absolute atomic E-state index is 0.346. The van der Waals surface area contributed by atoms with Gasteiger partial charge < -0.3 is 10.0 Å². The molecule has 1 aromatic rings. The Labute approximate surface area is 117 Å². The minimum atomic E-state index is -0.346. The standard InChI is InChI=1S/C17H27NO/c1-4-17(19)15-7-5-6-8-16(15)18(3)14-11-9-13(2)10-12-14/h5-8,13-14,17,19H,4,9-12H2,1-3H3/t13?,14?,17-/m0/s1. The van der Waals surface area contributed by atoms with Crippen LogP contribution in [0.15, 0.2) is 24.3 Å². The molecule has 0 heterocycles. The van der Waals surface area contributed by atoms with Gasteiger partial charge in [-0.15, -0.1) is 0 Å².